The SMILES string of the molecule is CN1CCCCC1(C)c1cc(F)c(Cl)c(F)c1. The number of piperidine rings is 1. The Morgan fingerprint density at radius 1 is 1.24 bits per heavy atom. The Morgan fingerprint density at radius 3 is 2.35 bits per heavy atom. The van der Waals surface area contributed by atoms with Gasteiger partial charge >= 0.3 is 0 Å². The van der Waals surface area contributed by atoms with Gasteiger partial charge in [0.1, 0.15) is 16.7 Å². The van der Waals surface area contributed by atoms with Gasteiger partial charge in [-0.05, 0) is 51.1 Å². The Morgan fingerprint density at radius 2 is 1.82 bits per heavy atom. The summed E-state index contributed by atoms with van der Waals surface area (Å²) in [6.07, 6.45) is 3.11. The Hall–Kier alpha value is -0.670. The van der Waals surface area contributed by atoms with Crippen LogP contribution in [0.1, 0.15) is 31.7 Å². The summed E-state index contributed by atoms with van der Waals surface area (Å²) in [6.45, 7) is 2.97. The first-order chi connectivity index (χ1) is 7.95. The van der Waals surface area contributed by atoms with Gasteiger partial charge in [0.2, 0.25) is 0 Å². The van der Waals surface area contributed by atoms with Crippen LogP contribution in [0.5, 0.6) is 0 Å². The minimum absolute atomic E-state index is 0.301. The standard InChI is InChI=1S/C13H16ClF2N/c1-13(5-3-4-6-17(13)2)9-7-10(15)12(14)11(16)8-9/h7-8H,3-6H2,1-2H3. The Balaban J connectivity index is 2.45. The summed E-state index contributed by atoms with van der Waals surface area (Å²) in [5, 5.41) is -0.421. The predicted molar refractivity (Wildman–Crippen MR) is 65.2 cm³/mol. The van der Waals surface area contributed by atoms with Crippen LogP contribution in [-0.4, -0.2) is 18.5 Å². The zero-order valence-corrected chi connectivity index (χ0v) is 10.8. The van der Waals surface area contributed by atoms with Gasteiger partial charge in [-0.1, -0.05) is 18.0 Å². The summed E-state index contributed by atoms with van der Waals surface area (Å²) in [4.78, 5) is 2.15. The molecule has 4 heteroatoms. The molecule has 0 aliphatic carbocycles. The van der Waals surface area contributed by atoms with Gasteiger partial charge in [0, 0.05) is 5.54 Å². The summed E-state index contributed by atoms with van der Waals surface area (Å²) in [7, 11) is 1.99. The van der Waals surface area contributed by atoms with Crippen LogP contribution in [0.25, 0.3) is 0 Å². The van der Waals surface area contributed by atoms with Gasteiger partial charge in [-0.15, -0.1) is 0 Å². The highest BCUT2D eigenvalue weighted by molar-refractivity contribution is 6.30. The molecule has 0 bridgehead atoms. The first-order valence-electron chi connectivity index (χ1n) is 5.81. The fraction of sp³-hybridized carbons (Fsp3) is 0.538. The molecule has 0 amide bonds. The van der Waals surface area contributed by atoms with E-state index in [1.807, 2.05) is 14.0 Å². The maximum atomic E-state index is 13.5. The maximum absolute atomic E-state index is 13.5. The molecule has 2 rings (SSSR count). The van der Waals surface area contributed by atoms with Crippen LogP contribution in [0.4, 0.5) is 8.78 Å². The minimum Gasteiger partial charge on any atom is -0.297 e. The first-order valence-corrected chi connectivity index (χ1v) is 6.19. The minimum atomic E-state index is -0.679. The van der Waals surface area contributed by atoms with E-state index in [-0.39, 0.29) is 5.54 Å². The van der Waals surface area contributed by atoms with Crippen molar-refractivity contribution in [1.82, 2.24) is 4.90 Å². The molecule has 17 heavy (non-hydrogen) atoms. The third-order valence-corrected chi connectivity index (χ3v) is 4.22. The molecule has 1 atom stereocenters. The number of hydrogen-bond donors (Lipinski definition) is 0. The van der Waals surface area contributed by atoms with Crippen LogP contribution >= 0.6 is 11.6 Å². The van der Waals surface area contributed by atoms with Crippen LogP contribution < -0.4 is 0 Å². The monoisotopic (exact) mass is 259 g/mol. The Kier molecular flexibility index (Phi) is 3.41. The van der Waals surface area contributed by atoms with Crippen molar-refractivity contribution in [1.29, 1.82) is 0 Å². The summed E-state index contributed by atoms with van der Waals surface area (Å²) in [6, 6.07) is 2.71. The van der Waals surface area contributed by atoms with Gasteiger partial charge in [0.15, 0.2) is 0 Å². The second-order valence-electron chi connectivity index (χ2n) is 4.91. The summed E-state index contributed by atoms with van der Waals surface area (Å²) in [5.41, 5.74) is 0.365. The smallest absolute Gasteiger partial charge is 0.145 e. The van der Waals surface area contributed by atoms with E-state index >= 15 is 0 Å². The van der Waals surface area contributed by atoms with Crippen molar-refractivity contribution in [2.45, 2.75) is 31.7 Å². The molecule has 0 aromatic heterocycles. The lowest BCUT2D eigenvalue weighted by Gasteiger charge is -2.43. The third-order valence-electron chi connectivity index (χ3n) is 3.86. The molecule has 1 aromatic carbocycles. The highest BCUT2D eigenvalue weighted by atomic mass is 35.5. The number of rotatable bonds is 1. The average Bonchev–Trinajstić information content (AvgIpc) is 2.29. The van der Waals surface area contributed by atoms with Crippen molar-refractivity contribution >= 4 is 11.6 Å². The Labute approximate surface area is 105 Å². The van der Waals surface area contributed by atoms with Crippen LogP contribution in [-0.2, 0) is 5.54 Å². The van der Waals surface area contributed by atoms with E-state index in [2.05, 4.69) is 4.90 Å². The second-order valence-corrected chi connectivity index (χ2v) is 5.28. The molecule has 1 unspecified atom stereocenters. The molecule has 1 saturated heterocycles. The van der Waals surface area contributed by atoms with E-state index in [9.17, 15) is 8.78 Å². The molecule has 1 nitrogen and oxygen atoms in total. The van der Waals surface area contributed by atoms with Gasteiger partial charge in [0.25, 0.3) is 0 Å². The van der Waals surface area contributed by atoms with Crippen molar-refractivity contribution < 1.29 is 8.78 Å². The molecule has 1 aliphatic heterocycles. The van der Waals surface area contributed by atoms with Crippen LogP contribution in [0.3, 0.4) is 0 Å². The Bertz CT molecular complexity index is 412. The van der Waals surface area contributed by atoms with Crippen LogP contribution in [0.2, 0.25) is 5.02 Å². The second kappa shape index (κ2) is 4.54. The predicted octanol–water partition coefficient (Wildman–Crippen LogP) is 3.95. The lowest BCUT2D eigenvalue weighted by Crippen LogP contribution is -2.44. The molecule has 1 fully saturated rings. The third kappa shape index (κ3) is 2.18. The van der Waals surface area contributed by atoms with E-state index < -0.39 is 16.7 Å². The average molecular weight is 260 g/mol. The van der Waals surface area contributed by atoms with E-state index in [0.29, 0.717) is 5.56 Å². The quantitative estimate of drug-likeness (QED) is 0.691. The lowest BCUT2D eigenvalue weighted by molar-refractivity contribution is 0.0879. The van der Waals surface area contributed by atoms with Gasteiger partial charge in [-0.3, -0.25) is 4.90 Å². The molecule has 0 spiro atoms. The maximum Gasteiger partial charge on any atom is 0.145 e. The molecular weight excluding hydrogens is 244 g/mol. The van der Waals surface area contributed by atoms with Gasteiger partial charge in [0.05, 0.1) is 0 Å². The van der Waals surface area contributed by atoms with Crippen molar-refractivity contribution in [2.24, 2.45) is 0 Å². The van der Waals surface area contributed by atoms with Gasteiger partial charge < -0.3 is 0 Å². The van der Waals surface area contributed by atoms with Gasteiger partial charge in [-0.2, -0.15) is 0 Å². The van der Waals surface area contributed by atoms with Crippen molar-refractivity contribution in [2.75, 3.05) is 13.6 Å². The molecule has 0 radical (unpaired) electrons. The molecule has 1 aliphatic rings. The first kappa shape index (κ1) is 12.8. The normalized spacial score (nSPS) is 26.2. The largest absolute Gasteiger partial charge is 0.297 e. The zero-order valence-electron chi connectivity index (χ0n) is 10.1. The lowest BCUT2D eigenvalue weighted by atomic mass is 9.82. The fourth-order valence-corrected chi connectivity index (χ4v) is 2.60. The van der Waals surface area contributed by atoms with E-state index in [1.165, 1.54) is 12.1 Å². The van der Waals surface area contributed by atoms with Crippen LogP contribution in [0, 0.1) is 11.6 Å². The van der Waals surface area contributed by atoms with E-state index in [4.69, 9.17) is 11.6 Å². The van der Waals surface area contributed by atoms with E-state index in [1.54, 1.807) is 0 Å². The molecule has 94 valence electrons. The number of likely N-dealkylation sites (tertiary alicyclic amines) is 1. The number of hydrogen-bond acceptors (Lipinski definition) is 1. The summed E-state index contributed by atoms with van der Waals surface area (Å²) >= 11 is 5.51. The summed E-state index contributed by atoms with van der Waals surface area (Å²) in [5.74, 6) is -1.36. The molecule has 1 heterocycles. The molecule has 1 aromatic rings. The van der Waals surface area contributed by atoms with Crippen molar-refractivity contribution in [3.63, 3.8) is 0 Å². The number of benzene rings is 1. The number of nitrogens with zero attached hydrogens (tertiary/aromatic N) is 1. The van der Waals surface area contributed by atoms with Crippen molar-refractivity contribution in [3.05, 3.63) is 34.4 Å². The highest BCUT2D eigenvalue weighted by Crippen LogP contribution is 2.37. The van der Waals surface area contributed by atoms with Crippen molar-refractivity contribution in [3.8, 4) is 0 Å². The topological polar surface area (TPSA) is 3.24 Å². The number of halogens is 3. The molecule has 0 N–H and O–H groups in total. The zero-order chi connectivity index (χ0) is 12.6. The highest BCUT2D eigenvalue weighted by Gasteiger charge is 2.34. The van der Waals surface area contributed by atoms with Crippen LogP contribution in [0.15, 0.2) is 12.1 Å². The fourth-order valence-electron chi connectivity index (χ4n) is 2.49. The van der Waals surface area contributed by atoms with Gasteiger partial charge in [-0.25, -0.2) is 8.78 Å². The molecular formula is C13H16ClF2N. The van der Waals surface area contributed by atoms with E-state index in [0.717, 1.165) is 25.8 Å². The summed E-state index contributed by atoms with van der Waals surface area (Å²) < 4.78 is 27.0. The molecule has 0 saturated carbocycles.